The monoisotopic (exact) mass is 454 g/mol. The zero-order valence-corrected chi connectivity index (χ0v) is 20.8. The van der Waals surface area contributed by atoms with Crippen LogP contribution in [-0.4, -0.2) is 116 Å². The number of quaternary nitrogens is 2. The average molecular weight is 455 g/mol. The molecule has 3 saturated heterocycles. The second kappa shape index (κ2) is 11.3. The van der Waals surface area contributed by atoms with Crippen molar-refractivity contribution in [2.75, 3.05) is 72.1 Å². The number of piperazine rings is 1. The summed E-state index contributed by atoms with van der Waals surface area (Å²) in [5.41, 5.74) is 0. The number of carbonyl (C=O) groups is 2. The molecule has 8 heteroatoms. The molecule has 3 heterocycles. The number of ether oxygens (including phenoxy) is 2. The molecule has 8 nitrogen and oxygen atoms in total. The standard InChI is InChI=1S/C24H46N4O4/c1-5-9-20(23(29)31-7-3)27-15-11-25-12-16-28(21(10-6-2)24(30)32-8-4)18-14-26(13-17-27)22(28)19-27/h20-22,25H,5-19H2,1-4H3/q+2. The van der Waals surface area contributed by atoms with Gasteiger partial charge in [-0.1, -0.05) is 13.8 Å². The summed E-state index contributed by atoms with van der Waals surface area (Å²) in [5.74, 6) is -0.0942. The highest BCUT2D eigenvalue weighted by Crippen LogP contribution is 2.37. The molecule has 0 aromatic carbocycles. The molecule has 0 saturated carbocycles. The van der Waals surface area contributed by atoms with Crippen molar-refractivity contribution in [3.63, 3.8) is 0 Å². The summed E-state index contributed by atoms with van der Waals surface area (Å²) < 4.78 is 12.7. The summed E-state index contributed by atoms with van der Waals surface area (Å²) >= 11 is 0. The number of nitrogens with one attached hydrogen (secondary N) is 1. The van der Waals surface area contributed by atoms with Crippen LogP contribution in [0.4, 0.5) is 0 Å². The van der Waals surface area contributed by atoms with E-state index in [4.69, 9.17) is 9.47 Å². The van der Waals surface area contributed by atoms with Crippen molar-refractivity contribution in [2.24, 2.45) is 0 Å². The third-order valence-electron chi connectivity index (χ3n) is 8.14. The number of fused-ring (bicyclic) bond motifs is 1. The quantitative estimate of drug-likeness (QED) is 0.397. The maximum atomic E-state index is 13.2. The van der Waals surface area contributed by atoms with Crippen molar-refractivity contribution < 1.29 is 28.0 Å². The third kappa shape index (κ3) is 4.83. The molecule has 1 N–H and O–H groups in total. The number of carbonyl (C=O) groups excluding carboxylic acids is 2. The van der Waals surface area contributed by atoms with Crippen LogP contribution in [-0.2, 0) is 19.1 Å². The molecule has 3 aliphatic rings. The lowest BCUT2D eigenvalue weighted by Gasteiger charge is -2.53. The van der Waals surface area contributed by atoms with Gasteiger partial charge in [-0.05, 0) is 26.7 Å². The van der Waals surface area contributed by atoms with Gasteiger partial charge in [0.05, 0.1) is 52.5 Å². The highest BCUT2D eigenvalue weighted by Gasteiger charge is 2.61. The molecule has 3 rings (SSSR count). The van der Waals surface area contributed by atoms with E-state index < -0.39 is 0 Å². The summed E-state index contributed by atoms with van der Waals surface area (Å²) in [5, 5.41) is 3.65. The Morgan fingerprint density at radius 3 is 2.12 bits per heavy atom. The molecule has 5 unspecified atom stereocenters. The van der Waals surface area contributed by atoms with E-state index in [-0.39, 0.29) is 30.2 Å². The minimum absolute atomic E-state index is 0.0466. The molecular formula is C24H46N4O4+2. The van der Waals surface area contributed by atoms with E-state index in [0.717, 1.165) is 93.6 Å². The fraction of sp³-hybridized carbons (Fsp3) is 0.917. The maximum Gasteiger partial charge on any atom is 0.365 e. The van der Waals surface area contributed by atoms with E-state index in [1.807, 2.05) is 13.8 Å². The molecule has 0 spiro atoms. The molecule has 0 aliphatic carbocycles. The predicted molar refractivity (Wildman–Crippen MR) is 124 cm³/mol. The molecule has 3 aliphatic heterocycles. The van der Waals surface area contributed by atoms with Gasteiger partial charge in [-0.25, -0.2) is 14.5 Å². The van der Waals surface area contributed by atoms with Crippen LogP contribution in [0.2, 0.25) is 0 Å². The summed E-state index contributed by atoms with van der Waals surface area (Å²) in [6, 6.07) is -0.265. The van der Waals surface area contributed by atoms with E-state index in [0.29, 0.717) is 13.2 Å². The van der Waals surface area contributed by atoms with Crippen LogP contribution < -0.4 is 5.32 Å². The van der Waals surface area contributed by atoms with Gasteiger partial charge in [0, 0.05) is 25.9 Å². The number of nitrogens with zero attached hydrogens (tertiary/aromatic N) is 3. The molecule has 0 radical (unpaired) electrons. The molecule has 5 atom stereocenters. The largest absolute Gasteiger partial charge is 0.462 e. The topological polar surface area (TPSA) is 67.9 Å². The van der Waals surface area contributed by atoms with E-state index >= 15 is 0 Å². The zero-order valence-electron chi connectivity index (χ0n) is 20.8. The van der Waals surface area contributed by atoms with Crippen LogP contribution in [0.15, 0.2) is 0 Å². The Labute approximate surface area is 194 Å². The Kier molecular flexibility index (Phi) is 8.95. The SMILES string of the molecule is CCCC(C(=O)OCC)[N+]12CCNCC[N+]3(C(CCC)C(=O)OCC)CCN(CC1)C3C2. The molecule has 2 bridgehead atoms. The van der Waals surface area contributed by atoms with Crippen LogP contribution in [0.25, 0.3) is 0 Å². The summed E-state index contributed by atoms with van der Waals surface area (Å²) in [6.07, 6.45) is 3.87. The van der Waals surface area contributed by atoms with Crippen LogP contribution >= 0.6 is 0 Å². The maximum absolute atomic E-state index is 13.2. The van der Waals surface area contributed by atoms with Crippen molar-refractivity contribution >= 4 is 11.9 Å². The van der Waals surface area contributed by atoms with Gasteiger partial charge in [0.25, 0.3) is 0 Å². The van der Waals surface area contributed by atoms with Gasteiger partial charge < -0.3 is 19.3 Å². The van der Waals surface area contributed by atoms with Crippen LogP contribution in [0, 0.1) is 0 Å². The fourth-order valence-electron chi connectivity index (χ4n) is 6.58. The van der Waals surface area contributed by atoms with Gasteiger partial charge in [-0.3, -0.25) is 4.48 Å². The van der Waals surface area contributed by atoms with Gasteiger partial charge in [0.15, 0.2) is 18.2 Å². The van der Waals surface area contributed by atoms with Crippen molar-refractivity contribution in [2.45, 2.75) is 71.6 Å². The predicted octanol–water partition coefficient (Wildman–Crippen LogP) is 1.34. The molecule has 0 aromatic rings. The summed E-state index contributed by atoms with van der Waals surface area (Å²) in [7, 11) is 0. The Balaban J connectivity index is 2.01. The number of hydrogen-bond acceptors (Lipinski definition) is 6. The van der Waals surface area contributed by atoms with Gasteiger partial charge in [-0.15, -0.1) is 0 Å². The first kappa shape index (κ1) is 25.4. The van der Waals surface area contributed by atoms with Crippen LogP contribution in [0.3, 0.4) is 0 Å². The lowest BCUT2D eigenvalue weighted by molar-refractivity contribution is -1.01. The van der Waals surface area contributed by atoms with Crippen molar-refractivity contribution in [3.05, 3.63) is 0 Å². The Morgan fingerprint density at radius 2 is 1.47 bits per heavy atom. The second-order valence-electron chi connectivity index (χ2n) is 9.78. The smallest absolute Gasteiger partial charge is 0.365 e. The third-order valence-corrected chi connectivity index (χ3v) is 8.14. The Morgan fingerprint density at radius 1 is 0.875 bits per heavy atom. The Bertz CT molecular complexity index is 643. The molecular weight excluding hydrogens is 408 g/mol. The molecule has 0 amide bonds. The normalized spacial score (nSPS) is 32.3. The van der Waals surface area contributed by atoms with Gasteiger partial charge in [0.2, 0.25) is 0 Å². The van der Waals surface area contributed by atoms with Crippen molar-refractivity contribution in [1.82, 2.24) is 10.2 Å². The fourth-order valence-corrected chi connectivity index (χ4v) is 6.58. The van der Waals surface area contributed by atoms with Crippen molar-refractivity contribution in [1.29, 1.82) is 0 Å². The van der Waals surface area contributed by atoms with E-state index in [2.05, 4.69) is 24.1 Å². The lowest BCUT2D eigenvalue weighted by atomic mass is 10.0. The first-order valence-corrected chi connectivity index (χ1v) is 13.0. The molecule has 32 heavy (non-hydrogen) atoms. The highest BCUT2D eigenvalue weighted by atomic mass is 16.5. The van der Waals surface area contributed by atoms with E-state index in [1.165, 1.54) is 0 Å². The minimum Gasteiger partial charge on any atom is -0.462 e. The van der Waals surface area contributed by atoms with Gasteiger partial charge >= 0.3 is 11.9 Å². The number of rotatable bonds is 10. The number of hydrogen-bond donors (Lipinski definition) is 1. The molecule has 184 valence electrons. The molecule has 3 fully saturated rings. The summed E-state index contributed by atoms with van der Waals surface area (Å²) in [6.45, 7) is 17.5. The highest BCUT2D eigenvalue weighted by molar-refractivity contribution is 5.75. The second-order valence-corrected chi connectivity index (χ2v) is 9.78. The van der Waals surface area contributed by atoms with E-state index in [1.54, 1.807) is 0 Å². The zero-order chi connectivity index (χ0) is 23.2. The lowest BCUT2D eigenvalue weighted by Crippen LogP contribution is -2.75. The van der Waals surface area contributed by atoms with Crippen LogP contribution in [0.5, 0.6) is 0 Å². The van der Waals surface area contributed by atoms with E-state index in [9.17, 15) is 9.59 Å². The van der Waals surface area contributed by atoms with Crippen LogP contribution in [0.1, 0.15) is 53.4 Å². The first-order valence-electron chi connectivity index (χ1n) is 13.0. The van der Waals surface area contributed by atoms with Gasteiger partial charge in [0.1, 0.15) is 6.54 Å². The van der Waals surface area contributed by atoms with Gasteiger partial charge in [-0.2, -0.15) is 0 Å². The molecule has 0 aromatic heterocycles. The number of esters is 2. The minimum atomic E-state index is -0.137. The average Bonchev–Trinajstić information content (AvgIpc) is 3.15. The summed E-state index contributed by atoms with van der Waals surface area (Å²) in [4.78, 5) is 29.0. The van der Waals surface area contributed by atoms with Crippen molar-refractivity contribution in [3.8, 4) is 0 Å². The Hall–Kier alpha value is -1.22. The first-order chi connectivity index (χ1) is 15.5.